The van der Waals surface area contributed by atoms with E-state index in [-0.39, 0.29) is 57.3 Å². The summed E-state index contributed by atoms with van der Waals surface area (Å²) in [6.07, 6.45) is 14.2. The molecule has 2 amide bonds. The first-order valence-corrected chi connectivity index (χ1v) is 18.5. The van der Waals surface area contributed by atoms with Gasteiger partial charge in [0.1, 0.15) is 18.4 Å². The quantitative estimate of drug-likeness (QED) is 0.216. The number of rotatable bonds is 14. The molecule has 0 bridgehead atoms. The molecule has 8 heteroatoms. The van der Waals surface area contributed by atoms with Crippen LogP contribution in [0.1, 0.15) is 154 Å². The highest BCUT2D eigenvalue weighted by Crippen LogP contribution is 2.50. The van der Waals surface area contributed by atoms with E-state index in [2.05, 4.69) is 140 Å². The van der Waals surface area contributed by atoms with Gasteiger partial charge >= 0.3 is 0 Å². The van der Waals surface area contributed by atoms with E-state index in [0.717, 1.165) is 58.0 Å². The Morgan fingerprint density at radius 3 is 1.81 bits per heavy atom. The second kappa shape index (κ2) is 14.1. The van der Waals surface area contributed by atoms with Crippen LogP contribution in [-0.2, 0) is 16.6 Å². The Hall–Kier alpha value is -1.93. The Morgan fingerprint density at radius 2 is 1.30 bits per heavy atom. The van der Waals surface area contributed by atoms with Crippen LogP contribution in [0.2, 0.25) is 0 Å². The van der Waals surface area contributed by atoms with Crippen molar-refractivity contribution in [3.63, 3.8) is 0 Å². The van der Waals surface area contributed by atoms with Gasteiger partial charge in [0.2, 0.25) is 18.1 Å². The Labute approximate surface area is 288 Å². The maximum Gasteiger partial charge on any atom is 0.243 e. The Kier molecular flexibility index (Phi) is 11.9. The van der Waals surface area contributed by atoms with E-state index in [1.165, 1.54) is 0 Å². The number of nitrogens with zero attached hydrogens (tertiary/aromatic N) is 4. The Morgan fingerprint density at radius 1 is 0.745 bits per heavy atom. The minimum absolute atomic E-state index is 0.000910. The molecule has 3 heterocycles. The highest BCUT2D eigenvalue weighted by atomic mass is 16.2. The van der Waals surface area contributed by atoms with Gasteiger partial charge in [-0.1, -0.05) is 54.9 Å². The molecule has 0 saturated carbocycles. The lowest BCUT2D eigenvalue weighted by Gasteiger charge is -2.56. The van der Waals surface area contributed by atoms with E-state index in [0.29, 0.717) is 12.8 Å². The smallest absolute Gasteiger partial charge is 0.243 e. The van der Waals surface area contributed by atoms with E-state index in [1.807, 2.05) is 0 Å². The number of aromatic nitrogens is 2. The standard InChI is InChI=1S/C39H73N6O2/c1-34(2,3)29(43-24-23-42(14)28-43)27-37(8,9)41-39(12,13)31(45-22-18-20-33(45)47)25-35(4,5)38(10,11)30(26-36(6,7)40)44-21-17-15-16-19-32(44)46/h23-24,28-31,41H,15-22,25-27,40H2,1-14H3/q+1. The first kappa shape index (κ1) is 39.5. The van der Waals surface area contributed by atoms with Crippen molar-refractivity contribution in [2.24, 2.45) is 29.0 Å². The van der Waals surface area contributed by atoms with Crippen LogP contribution >= 0.6 is 0 Å². The van der Waals surface area contributed by atoms with Gasteiger partial charge in [-0.3, -0.25) is 9.59 Å². The molecule has 0 radical (unpaired) electrons. The molecule has 2 fully saturated rings. The predicted molar refractivity (Wildman–Crippen MR) is 194 cm³/mol. The van der Waals surface area contributed by atoms with E-state index < -0.39 is 5.54 Å². The predicted octanol–water partition coefficient (Wildman–Crippen LogP) is 6.77. The summed E-state index contributed by atoms with van der Waals surface area (Å²) in [5.41, 5.74) is 5.30. The summed E-state index contributed by atoms with van der Waals surface area (Å²) in [6.45, 7) is 31.4. The number of nitrogens with two attached hydrogens (primary N) is 1. The number of aryl methyl sites for hydroxylation is 1. The van der Waals surface area contributed by atoms with Crippen molar-refractivity contribution in [3.8, 4) is 0 Å². The van der Waals surface area contributed by atoms with Crippen molar-refractivity contribution >= 4 is 11.8 Å². The molecular weight excluding hydrogens is 584 g/mol. The third kappa shape index (κ3) is 9.83. The maximum absolute atomic E-state index is 13.6. The van der Waals surface area contributed by atoms with Crippen LogP contribution < -0.4 is 15.6 Å². The maximum atomic E-state index is 13.6. The highest BCUT2D eigenvalue weighted by molar-refractivity contribution is 5.78. The van der Waals surface area contributed by atoms with E-state index in [1.54, 1.807) is 0 Å². The highest BCUT2D eigenvalue weighted by Gasteiger charge is 2.52. The number of nitrogens with one attached hydrogen (secondary N) is 1. The van der Waals surface area contributed by atoms with Crippen LogP contribution in [0.3, 0.4) is 0 Å². The Bertz CT molecular complexity index is 1210. The molecule has 2 aliphatic rings. The van der Waals surface area contributed by atoms with Gasteiger partial charge in [-0.05, 0) is 84.5 Å². The monoisotopic (exact) mass is 658 g/mol. The van der Waals surface area contributed by atoms with Crippen LogP contribution in [0, 0.1) is 16.2 Å². The summed E-state index contributed by atoms with van der Waals surface area (Å²) in [5.74, 6) is 0.520. The zero-order valence-corrected chi connectivity index (χ0v) is 32.9. The van der Waals surface area contributed by atoms with Crippen molar-refractivity contribution < 1.29 is 14.2 Å². The molecule has 0 aliphatic carbocycles. The van der Waals surface area contributed by atoms with Gasteiger partial charge in [-0.25, -0.2) is 9.13 Å². The number of likely N-dealkylation sites (tertiary alicyclic amines) is 2. The van der Waals surface area contributed by atoms with Gasteiger partial charge in [0.05, 0.1) is 7.05 Å². The van der Waals surface area contributed by atoms with Crippen molar-refractivity contribution in [1.29, 1.82) is 0 Å². The molecule has 3 rings (SSSR count). The molecule has 2 aliphatic heterocycles. The third-order valence-corrected chi connectivity index (χ3v) is 11.8. The summed E-state index contributed by atoms with van der Waals surface area (Å²) >= 11 is 0. The number of carbonyl (C=O) groups excluding carboxylic acids is 2. The largest absolute Gasteiger partial charge is 0.339 e. The molecule has 270 valence electrons. The fourth-order valence-electron chi connectivity index (χ4n) is 8.54. The van der Waals surface area contributed by atoms with Gasteiger partial charge in [0.15, 0.2) is 0 Å². The third-order valence-electron chi connectivity index (χ3n) is 11.8. The Balaban J connectivity index is 1.99. The number of hydrogen-bond acceptors (Lipinski definition) is 4. The second-order valence-electron chi connectivity index (χ2n) is 19.5. The van der Waals surface area contributed by atoms with Crippen molar-refractivity contribution in [2.45, 2.75) is 183 Å². The molecule has 47 heavy (non-hydrogen) atoms. The average Bonchev–Trinajstić information content (AvgIpc) is 3.45. The molecule has 8 nitrogen and oxygen atoms in total. The minimum atomic E-state index is -0.417. The molecule has 0 aromatic carbocycles. The summed E-state index contributed by atoms with van der Waals surface area (Å²) in [6, 6.07) is 0.270. The molecular formula is C39H73N6O2+. The normalized spacial score (nSPS) is 20.1. The summed E-state index contributed by atoms with van der Waals surface area (Å²) < 4.78 is 4.47. The average molecular weight is 658 g/mol. The number of carbonyl (C=O) groups is 2. The summed E-state index contributed by atoms with van der Waals surface area (Å²) in [5, 5.41) is 4.13. The SMILES string of the molecule is C[n+]1ccn(C(CC(C)(C)NC(C)(C)C(CC(C)(C)C(C)(C)C(CC(C)(C)N)N2CCCCCC2=O)N2CCCC2=O)C(C)(C)C)c1. The minimum Gasteiger partial charge on any atom is -0.339 e. The van der Waals surface area contributed by atoms with Crippen LogP contribution in [0.4, 0.5) is 0 Å². The van der Waals surface area contributed by atoms with Gasteiger partial charge in [-0.15, -0.1) is 0 Å². The first-order chi connectivity index (χ1) is 21.3. The molecule has 3 atom stereocenters. The van der Waals surface area contributed by atoms with Crippen molar-refractivity contribution in [2.75, 3.05) is 13.1 Å². The van der Waals surface area contributed by atoms with Gasteiger partial charge in [0, 0.05) is 66.5 Å². The van der Waals surface area contributed by atoms with Crippen LogP contribution in [-0.4, -0.2) is 68.0 Å². The topological polar surface area (TPSA) is 87.5 Å². The summed E-state index contributed by atoms with van der Waals surface area (Å²) in [4.78, 5) is 31.5. The lowest BCUT2D eigenvalue weighted by Crippen LogP contribution is -2.65. The zero-order chi connectivity index (χ0) is 35.8. The van der Waals surface area contributed by atoms with Crippen LogP contribution in [0.25, 0.3) is 0 Å². The van der Waals surface area contributed by atoms with Crippen LogP contribution in [0.5, 0.6) is 0 Å². The lowest BCUT2D eigenvalue weighted by atomic mass is 9.58. The zero-order valence-electron chi connectivity index (χ0n) is 32.9. The first-order valence-electron chi connectivity index (χ1n) is 18.5. The number of imidazole rings is 1. The second-order valence-corrected chi connectivity index (χ2v) is 19.5. The lowest BCUT2D eigenvalue weighted by molar-refractivity contribution is -0.671. The molecule has 1 aromatic heterocycles. The van der Waals surface area contributed by atoms with Gasteiger partial charge in [0.25, 0.3) is 0 Å². The van der Waals surface area contributed by atoms with E-state index in [9.17, 15) is 9.59 Å². The molecule has 0 spiro atoms. The summed E-state index contributed by atoms with van der Waals surface area (Å²) in [7, 11) is 2.07. The van der Waals surface area contributed by atoms with E-state index in [4.69, 9.17) is 5.73 Å². The molecule has 1 aromatic rings. The van der Waals surface area contributed by atoms with Crippen LogP contribution in [0.15, 0.2) is 18.7 Å². The molecule has 3 unspecified atom stereocenters. The number of amides is 2. The van der Waals surface area contributed by atoms with Gasteiger partial charge in [-0.2, -0.15) is 0 Å². The van der Waals surface area contributed by atoms with Crippen molar-refractivity contribution in [3.05, 3.63) is 18.7 Å². The van der Waals surface area contributed by atoms with E-state index >= 15 is 0 Å². The number of hydrogen-bond donors (Lipinski definition) is 2. The molecule has 2 saturated heterocycles. The molecule has 3 N–H and O–H groups in total. The van der Waals surface area contributed by atoms with Crippen molar-refractivity contribution in [1.82, 2.24) is 19.7 Å². The van der Waals surface area contributed by atoms with Gasteiger partial charge < -0.3 is 20.9 Å². The fraction of sp³-hybridized carbons (Fsp3) is 0.872. The fourth-order valence-corrected chi connectivity index (χ4v) is 8.54.